The SMILES string of the molecule is Cc1nc(C)c([C@H](OC(C)(C)C)C(=O)O)c(N2CCC(C)(C)CC2)c1-c1ccc2c(c1)CCN(c1nccc(N3CCCCC3)n1)C2. The monoisotopic (exact) mass is 640 g/mol. The van der Waals surface area contributed by atoms with Crippen LogP contribution in [0.25, 0.3) is 11.1 Å². The highest BCUT2D eigenvalue weighted by molar-refractivity contribution is 5.88. The summed E-state index contributed by atoms with van der Waals surface area (Å²) in [5.41, 5.74) is 7.51. The lowest BCUT2D eigenvalue weighted by Crippen LogP contribution is -2.39. The second-order valence-electron chi connectivity index (χ2n) is 15.4. The number of ether oxygens (including phenoxy) is 1. The fourth-order valence-electron chi connectivity index (χ4n) is 7.42. The molecule has 6 rings (SSSR count). The fourth-order valence-corrected chi connectivity index (χ4v) is 7.42. The van der Waals surface area contributed by atoms with Crippen LogP contribution in [0, 0.1) is 19.3 Å². The lowest BCUT2D eigenvalue weighted by atomic mass is 9.81. The maximum absolute atomic E-state index is 12.9. The van der Waals surface area contributed by atoms with Crippen molar-refractivity contribution in [2.75, 3.05) is 47.4 Å². The Balaban J connectivity index is 1.37. The molecule has 3 aliphatic heterocycles. The molecule has 252 valence electrons. The molecule has 0 saturated carbocycles. The van der Waals surface area contributed by atoms with Gasteiger partial charge in [0.05, 0.1) is 11.3 Å². The van der Waals surface area contributed by atoms with E-state index in [-0.39, 0.29) is 5.41 Å². The van der Waals surface area contributed by atoms with Crippen molar-refractivity contribution in [1.82, 2.24) is 15.0 Å². The maximum Gasteiger partial charge on any atom is 0.337 e. The normalized spacial score (nSPS) is 19.0. The van der Waals surface area contributed by atoms with Crippen molar-refractivity contribution in [1.29, 1.82) is 0 Å². The van der Waals surface area contributed by atoms with Crippen molar-refractivity contribution in [3.63, 3.8) is 0 Å². The first-order chi connectivity index (χ1) is 22.3. The highest BCUT2D eigenvalue weighted by atomic mass is 16.5. The molecule has 9 nitrogen and oxygen atoms in total. The Kier molecular flexibility index (Phi) is 9.22. The molecule has 9 heteroatoms. The quantitative estimate of drug-likeness (QED) is 0.286. The second kappa shape index (κ2) is 13.1. The molecule has 0 amide bonds. The van der Waals surface area contributed by atoms with Crippen molar-refractivity contribution in [2.45, 2.75) is 105 Å². The Morgan fingerprint density at radius 3 is 2.30 bits per heavy atom. The van der Waals surface area contributed by atoms with Crippen LogP contribution in [0.3, 0.4) is 0 Å². The number of hydrogen-bond donors (Lipinski definition) is 1. The number of carbonyl (C=O) groups is 1. The number of carboxylic acids is 1. The number of rotatable bonds is 7. The minimum absolute atomic E-state index is 0.247. The van der Waals surface area contributed by atoms with Gasteiger partial charge in [0.15, 0.2) is 6.10 Å². The van der Waals surface area contributed by atoms with Crippen molar-refractivity contribution in [2.24, 2.45) is 5.41 Å². The highest BCUT2D eigenvalue weighted by Crippen LogP contribution is 2.45. The Morgan fingerprint density at radius 2 is 1.62 bits per heavy atom. The number of piperidine rings is 2. The Morgan fingerprint density at radius 1 is 0.894 bits per heavy atom. The number of hydrogen-bond acceptors (Lipinski definition) is 8. The molecule has 0 unspecified atom stereocenters. The number of aromatic nitrogens is 3. The third kappa shape index (κ3) is 7.25. The van der Waals surface area contributed by atoms with E-state index in [1.165, 1.54) is 30.4 Å². The molecule has 0 bridgehead atoms. The first kappa shape index (κ1) is 33.2. The van der Waals surface area contributed by atoms with Crippen LogP contribution >= 0.6 is 0 Å². The van der Waals surface area contributed by atoms with E-state index >= 15 is 0 Å². The first-order valence-electron chi connectivity index (χ1n) is 17.4. The van der Waals surface area contributed by atoms with Gasteiger partial charge in [-0.15, -0.1) is 0 Å². The van der Waals surface area contributed by atoms with Crippen LogP contribution in [0.1, 0.15) is 101 Å². The van der Waals surface area contributed by atoms with Gasteiger partial charge in [0.1, 0.15) is 5.82 Å². The van der Waals surface area contributed by atoms with Gasteiger partial charge in [0.25, 0.3) is 0 Å². The molecule has 3 aliphatic rings. The average molecular weight is 641 g/mol. The number of carboxylic acid groups (broad SMARTS) is 1. The Hall–Kier alpha value is -3.72. The second-order valence-corrected chi connectivity index (χ2v) is 15.4. The minimum Gasteiger partial charge on any atom is -0.479 e. The summed E-state index contributed by atoms with van der Waals surface area (Å²) in [6, 6.07) is 8.76. The van der Waals surface area contributed by atoms with Gasteiger partial charge in [-0.25, -0.2) is 9.78 Å². The summed E-state index contributed by atoms with van der Waals surface area (Å²) in [6.45, 7) is 19.8. The number of aryl methyl sites for hydroxylation is 2. The van der Waals surface area contributed by atoms with E-state index in [1.54, 1.807) is 0 Å². The molecule has 1 atom stereocenters. The lowest BCUT2D eigenvalue weighted by Gasteiger charge is -2.41. The van der Waals surface area contributed by atoms with E-state index in [2.05, 4.69) is 58.7 Å². The predicted octanol–water partition coefficient (Wildman–Crippen LogP) is 7.28. The topological polar surface area (TPSA) is 94.9 Å². The molecule has 2 fully saturated rings. The molecule has 0 aliphatic carbocycles. The van der Waals surface area contributed by atoms with Crippen molar-refractivity contribution in [3.05, 3.63) is 58.5 Å². The Bertz CT molecular complexity index is 1610. The summed E-state index contributed by atoms with van der Waals surface area (Å²) in [5, 5.41) is 10.5. The van der Waals surface area contributed by atoms with Gasteiger partial charge < -0.3 is 24.5 Å². The van der Waals surface area contributed by atoms with E-state index in [4.69, 9.17) is 14.7 Å². The van der Waals surface area contributed by atoms with Gasteiger partial charge in [-0.1, -0.05) is 32.0 Å². The summed E-state index contributed by atoms with van der Waals surface area (Å²) < 4.78 is 6.27. The van der Waals surface area contributed by atoms with Crippen molar-refractivity contribution < 1.29 is 14.6 Å². The molecule has 0 spiro atoms. The molecule has 1 aromatic carbocycles. The standard InChI is InChI=1S/C38H52N6O3/c1-25-31(33(43-21-15-38(6,7)16-22-43)32(26(2)40-25)34(35(45)46)47-37(3,4)5)28-11-12-29-24-44(20-14-27(29)23-28)36-39-17-13-30(41-36)42-18-9-8-10-19-42/h11-13,17,23,34H,8-10,14-16,18-22,24H2,1-7H3,(H,45,46)/t34-/m0/s1. The molecule has 2 aromatic heterocycles. The number of benzene rings is 1. The average Bonchev–Trinajstić information content (AvgIpc) is 3.03. The van der Waals surface area contributed by atoms with Crippen molar-refractivity contribution in [3.8, 4) is 11.1 Å². The fraction of sp³-hybridized carbons (Fsp3) is 0.579. The van der Waals surface area contributed by atoms with Crippen molar-refractivity contribution >= 4 is 23.4 Å². The van der Waals surface area contributed by atoms with Crippen LogP contribution in [0.4, 0.5) is 17.5 Å². The predicted molar refractivity (Wildman–Crippen MR) is 188 cm³/mol. The van der Waals surface area contributed by atoms with Crippen LogP contribution in [0.2, 0.25) is 0 Å². The van der Waals surface area contributed by atoms with Gasteiger partial charge in [-0.3, -0.25) is 4.98 Å². The zero-order chi connectivity index (χ0) is 33.5. The smallest absolute Gasteiger partial charge is 0.337 e. The molecule has 47 heavy (non-hydrogen) atoms. The summed E-state index contributed by atoms with van der Waals surface area (Å²) in [5.74, 6) is 0.827. The van der Waals surface area contributed by atoms with Crippen LogP contribution in [-0.4, -0.2) is 64.4 Å². The number of pyridine rings is 1. The molecule has 5 heterocycles. The van der Waals surface area contributed by atoms with Gasteiger partial charge >= 0.3 is 5.97 Å². The summed E-state index contributed by atoms with van der Waals surface area (Å²) in [6.07, 6.45) is 7.44. The summed E-state index contributed by atoms with van der Waals surface area (Å²) >= 11 is 0. The van der Waals surface area contributed by atoms with Gasteiger partial charge in [0.2, 0.25) is 5.95 Å². The molecule has 1 N–H and O–H groups in total. The largest absolute Gasteiger partial charge is 0.479 e. The molecular weight excluding hydrogens is 588 g/mol. The van der Waals surface area contributed by atoms with Crippen LogP contribution in [0.15, 0.2) is 30.5 Å². The van der Waals surface area contributed by atoms with Gasteiger partial charge in [-0.2, -0.15) is 4.98 Å². The summed E-state index contributed by atoms with van der Waals surface area (Å²) in [4.78, 5) is 34.6. The van der Waals surface area contributed by atoms with E-state index < -0.39 is 17.7 Å². The van der Waals surface area contributed by atoms with E-state index in [0.717, 1.165) is 92.8 Å². The zero-order valence-corrected chi connectivity index (χ0v) is 29.4. The number of fused-ring (bicyclic) bond motifs is 1. The van der Waals surface area contributed by atoms with Gasteiger partial charge in [-0.05, 0) is 101 Å². The first-order valence-corrected chi connectivity index (χ1v) is 17.4. The molecule has 3 aromatic rings. The van der Waals surface area contributed by atoms with E-state index in [0.29, 0.717) is 11.3 Å². The van der Waals surface area contributed by atoms with Crippen LogP contribution in [-0.2, 0) is 22.5 Å². The van der Waals surface area contributed by atoms with Crippen LogP contribution < -0.4 is 14.7 Å². The van der Waals surface area contributed by atoms with E-state index in [1.807, 2.05) is 40.0 Å². The highest BCUT2D eigenvalue weighted by Gasteiger charge is 2.36. The molecule has 0 radical (unpaired) electrons. The third-order valence-electron chi connectivity index (χ3n) is 10.1. The number of anilines is 3. The lowest BCUT2D eigenvalue weighted by molar-refractivity contribution is -0.160. The number of nitrogens with zero attached hydrogens (tertiary/aromatic N) is 6. The minimum atomic E-state index is -1.13. The Labute approximate surface area is 280 Å². The molecule has 2 saturated heterocycles. The maximum atomic E-state index is 12.9. The van der Waals surface area contributed by atoms with Gasteiger partial charge in [0, 0.05) is 68.0 Å². The number of aliphatic carboxylic acids is 1. The van der Waals surface area contributed by atoms with Crippen LogP contribution in [0.5, 0.6) is 0 Å². The third-order valence-corrected chi connectivity index (χ3v) is 10.1. The zero-order valence-electron chi connectivity index (χ0n) is 29.4. The molecular formula is C38H52N6O3. The summed E-state index contributed by atoms with van der Waals surface area (Å²) in [7, 11) is 0. The van der Waals surface area contributed by atoms with E-state index in [9.17, 15) is 9.90 Å².